The van der Waals surface area contributed by atoms with Crippen LogP contribution in [-0.4, -0.2) is 6.10 Å². The Morgan fingerprint density at radius 2 is 1.87 bits per heavy atom. The van der Waals surface area contributed by atoms with Crippen molar-refractivity contribution in [3.8, 4) is 5.75 Å². The Bertz CT molecular complexity index is 377. The van der Waals surface area contributed by atoms with Gasteiger partial charge in [0.15, 0.2) is 0 Å². The van der Waals surface area contributed by atoms with E-state index in [1.165, 1.54) is 18.4 Å². The third-order valence-corrected chi connectivity index (χ3v) is 3.53. The third-order valence-electron chi connectivity index (χ3n) is 3.53. The Morgan fingerprint density at radius 3 is 2.47 bits per heavy atom. The molecule has 1 heteroatoms. The Hall–Kier alpha value is -1.24. The molecule has 0 saturated heterocycles. The molecule has 1 aromatic rings. The van der Waals surface area contributed by atoms with Crippen LogP contribution in [0.15, 0.2) is 36.4 Å². The predicted octanol–water partition coefficient (Wildman–Crippen LogP) is 3.34. The highest BCUT2D eigenvalue weighted by Gasteiger charge is 2.36. The van der Waals surface area contributed by atoms with Gasteiger partial charge in [-0.15, -0.1) is 0 Å². The molecule has 2 aliphatic carbocycles. The van der Waals surface area contributed by atoms with E-state index in [1.54, 1.807) is 0 Å². The van der Waals surface area contributed by atoms with Gasteiger partial charge < -0.3 is 4.74 Å². The molecular formula is C14H16O. The van der Waals surface area contributed by atoms with Crippen LogP contribution in [0.3, 0.4) is 0 Å². The Labute approximate surface area is 90.8 Å². The van der Waals surface area contributed by atoms with Crippen LogP contribution in [0.5, 0.6) is 5.75 Å². The van der Waals surface area contributed by atoms with Crippen LogP contribution in [-0.2, 0) is 0 Å². The van der Waals surface area contributed by atoms with Gasteiger partial charge in [-0.3, -0.25) is 0 Å². The average molecular weight is 200 g/mol. The van der Waals surface area contributed by atoms with E-state index in [2.05, 4.69) is 43.3 Å². The summed E-state index contributed by atoms with van der Waals surface area (Å²) in [5, 5.41) is 0. The molecule has 1 fully saturated rings. The predicted molar refractivity (Wildman–Crippen MR) is 60.9 cm³/mol. The quantitative estimate of drug-likeness (QED) is 0.665. The molecular weight excluding hydrogens is 184 g/mol. The first kappa shape index (κ1) is 9.02. The SMILES string of the molecule is Cc1ccc(OC2CC3C=CC2C3)cc1. The highest BCUT2D eigenvalue weighted by atomic mass is 16.5. The molecule has 0 aliphatic heterocycles. The molecule has 0 spiro atoms. The molecule has 0 N–H and O–H groups in total. The molecule has 78 valence electrons. The number of ether oxygens (including phenoxy) is 1. The van der Waals surface area contributed by atoms with Crippen molar-refractivity contribution in [2.24, 2.45) is 11.8 Å². The second-order valence-corrected chi connectivity index (χ2v) is 4.75. The van der Waals surface area contributed by atoms with Crippen LogP contribution in [0.1, 0.15) is 18.4 Å². The van der Waals surface area contributed by atoms with Crippen molar-refractivity contribution in [1.29, 1.82) is 0 Å². The van der Waals surface area contributed by atoms with Gasteiger partial charge in [0, 0.05) is 5.92 Å². The molecule has 0 aromatic heterocycles. The largest absolute Gasteiger partial charge is 0.490 e. The summed E-state index contributed by atoms with van der Waals surface area (Å²) in [5.41, 5.74) is 1.29. The van der Waals surface area contributed by atoms with Crippen molar-refractivity contribution >= 4 is 0 Å². The van der Waals surface area contributed by atoms with Crippen molar-refractivity contribution in [3.05, 3.63) is 42.0 Å². The first-order chi connectivity index (χ1) is 7.31. The van der Waals surface area contributed by atoms with Crippen LogP contribution < -0.4 is 4.74 Å². The minimum Gasteiger partial charge on any atom is -0.490 e. The first-order valence-electron chi connectivity index (χ1n) is 5.73. The van der Waals surface area contributed by atoms with Crippen LogP contribution in [0, 0.1) is 18.8 Å². The summed E-state index contributed by atoms with van der Waals surface area (Å²) in [7, 11) is 0. The number of hydrogen-bond donors (Lipinski definition) is 0. The van der Waals surface area contributed by atoms with Crippen LogP contribution in [0.2, 0.25) is 0 Å². The molecule has 0 amide bonds. The maximum absolute atomic E-state index is 6.01. The van der Waals surface area contributed by atoms with E-state index < -0.39 is 0 Å². The Kier molecular flexibility index (Phi) is 2.05. The average Bonchev–Trinajstić information content (AvgIpc) is 2.83. The lowest BCUT2D eigenvalue weighted by atomic mass is 10.0. The second-order valence-electron chi connectivity index (χ2n) is 4.75. The summed E-state index contributed by atoms with van der Waals surface area (Å²) in [6.07, 6.45) is 7.60. The molecule has 15 heavy (non-hydrogen) atoms. The number of aryl methyl sites for hydroxylation is 1. The standard InChI is InChI=1S/C14H16O/c1-10-2-6-13(7-3-10)15-14-9-11-4-5-12(14)8-11/h2-7,11-12,14H,8-9H2,1H3. The van der Waals surface area contributed by atoms with Crippen molar-refractivity contribution < 1.29 is 4.74 Å². The molecule has 0 radical (unpaired) electrons. The summed E-state index contributed by atoms with van der Waals surface area (Å²) in [5.74, 6) is 2.47. The third kappa shape index (κ3) is 1.67. The van der Waals surface area contributed by atoms with E-state index in [9.17, 15) is 0 Å². The van der Waals surface area contributed by atoms with Gasteiger partial charge in [0.25, 0.3) is 0 Å². The van der Waals surface area contributed by atoms with Gasteiger partial charge in [-0.1, -0.05) is 29.8 Å². The molecule has 2 bridgehead atoms. The van der Waals surface area contributed by atoms with Crippen LogP contribution in [0.25, 0.3) is 0 Å². The van der Waals surface area contributed by atoms with E-state index in [0.717, 1.165) is 11.7 Å². The molecule has 3 unspecified atom stereocenters. The van der Waals surface area contributed by atoms with Gasteiger partial charge in [-0.2, -0.15) is 0 Å². The molecule has 2 aliphatic rings. The highest BCUT2D eigenvalue weighted by molar-refractivity contribution is 5.27. The molecule has 3 rings (SSSR count). The van der Waals surface area contributed by atoms with Crippen molar-refractivity contribution in [2.45, 2.75) is 25.9 Å². The summed E-state index contributed by atoms with van der Waals surface area (Å²) in [6.45, 7) is 2.10. The molecule has 1 aromatic carbocycles. The van der Waals surface area contributed by atoms with E-state index in [-0.39, 0.29) is 0 Å². The molecule has 1 nitrogen and oxygen atoms in total. The van der Waals surface area contributed by atoms with Crippen molar-refractivity contribution in [2.75, 3.05) is 0 Å². The van der Waals surface area contributed by atoms with Crippen molar-refractivity contribution in [1.82, 2.24) is 0 Å². The topological polar surface area (TPSA) is 9.23 Å². The normalized spacial score (nSPS) is 32.2. The van der Waals surface area contributed by atoms with Gasteiger partial charge >= 0.3 is 0 Å². The minimum atomic E-state index is 0.419. The summed E-state index contributed by atoms with van der Waals surface area (Å²) >= 11 is 0. The fraction of sp³-hybridized carbons (Fsp3) is 0.429. The number of fused-ring (bicyclic) bond motifs is 2. The molecule has 0 heterocycles. The Balaban J connectivity index is 1.71. The lowest BCUT2D eigenvalue weighted by Gasteiger charge is -2.20. The fourth-order valence-corrected chi connectivity index (χ4v) is 2.66. The number of benzene rings is 1. The molecule has 3 atom stereocenters. The lowest BCUT2D eigenvalue weighted by Crippen LogP contribution is -2.21. The number of allylic oxidation sites excluding steroid dienone is 1. The second kappa shape index (κ2) is 3.41. The maximum atomic E-state index is 6.01. The summed E-state index contributed by atoms with van der Waals surface area (Å²) in [6, 6.07) is 8.37. The van der Waals surface area contributed by atoms with Crippen molar-refractivity contribution in [3.63, 3.8) is 0 Å². The number of rotatable bonds is 2. The zero-order chi connectivity index (χ0) is 10.3. The zero-order valence-electron chi connectivity index (χ0n) is 9.02. The van der Waals surface area contributed by atoms with Gasteiger partial charge in [0.2, 0.25) is 0 Å². The van der Waals surface area contributed by atoms with Crippen LogP contribution >= 0.6 is 0 Å². The first-order valence-corrected chi connectivity index (χ1v) is 5.73. The van der Waals surface area contributed by atoms with E-state index in [1.807, 2.05) is 0 Å². The monoisotopic (exact) mass is 200 g/mol. The minimum absolute atomic E-state index is 0.419. The summed E-state index contributed by atoms with van der Waals surface area (Å²) < 4.78 is 6.01. The van der Waals surface area contributed by atoms with Gasteiger partial charge in [0.1, 0.15) is 11.9 Å². The van der Waals surface area contributed by atoms with E-state index in [0.29, 0.717) is 12.0 Å². The van der Waals surface area contributed by atoms with Gasteiger partial charge in [-0.25, -0.2) is 0 Å². The van der Waals surface area contributed by atoms with E-state index in [4.69, 9.17) is 4.74 Å². The van der Waals surface area contributed by atoms with Crippen LogP contribution in [0.4, 0.5) is 0 Å². The maximum Gasteiger partial charge on any atom is 0.119 e. The van der Waals surface area contributed by atoms with Gasteiger partial charge in [0.05, 0.1) is 0 Å². The smallest absolute Gasteiger partial charge is 0.119 e. The highest BCUT2D eigenvalue weighted by Crippen LogP contribution is 2.40. The zero-order valence-corrected chi connectivity index (χ0v) is 9.02. The fourth-order valence-electron chi connectivity index (χ4n) is 2.66. The van der Waals surface area contributed by atoms with E-state index >= 15 is 0 Å². The van der Waals surface area contributed by atoms with Gasteiger partial charge in [-0.05, 0) is 37.8 Å². The summed E-state index contributed by atoms with van der Waals surface area (Å²) in [4.78, 5) is 0. The number of hydrogen-bond acceptors (Lipinski definition) is 1. The molecule has 1 saturated carbocycles. The lowest BCUT2D eigenvalue weighted by molar-refractivity contribution is 0.175. The Morgan fingerprint density at radius 1 is 1.07 bits per heavy atom.